The van der Waals surface area contributed by atoms with E-state index in [2.05, 4.69) is 10.5 Å². The van der Waals surface area contributed by atoms with Crippen molar-refractivity contribution in [3.63, 3.8) is 0 Å². The van der Waals surface area contributed by atoms with Gasteiger partial charge in [0, 0.05) is 18.8 Å². The lowest BCUT2D eigenvalue weighted by Crippen LogP contribution is -2.44. The summed E-state index contributed by atoms with van der Waals surface area (Å²) in [6, 6.07) is 5.83. The number of sulfonamides is 1. The summed E-state index contributed by atoms with van der Waals surface area (Å²) in [5.41, 5.74) is 3.11. The van der Waals surface area contributed by atoms with Crippen LogP contribution in [-0.4, -0.2) is 36.9 Å². The molecular weight excluding hydrogens is 366 g/mol. The lowest BCUT2D eigenvalue weighted by molar-refractivity contribution is -0.120. The van der Waals surface area contributed by atoms with Gasteiger partial charge in [-0.1, -0.05) is 23.4 Å². The van der Waals surface area contributed by atoms with Crippen LogP contribution in [0.3, 0.4) is 0 Å². The summed E-state index contributed by atoms with van der Waals surface area (Å²) in [6.45, 7) is 7.62. The Bertz CT molecular complexity index is 926. The first-order chi connectivity index (χ1) is 12.7. The molecule has 1 saturated heterocycles. The number of aromatic nitrogens is 1. The molecule has 146 valence electrons. The highest BCUT2D eigenvalue weighted by Gasteiger charge is 2.36. The molecule has 0 aliphatic carbocycles. The minimum atomic E-state index is -3.74. The molecule has 7 nitrogen and oxygen atoms in total. The summed E-state index contributed by atoms with van der Waals surface area (Å²) in [6.07, 6.45) is 1.29. The normalized spacial score (nSPS) is 18.4. The molecule has 0 spiro atoms. The van der Waals surface area contributed by atoms with Crippen LogP contribution in [0.4, 0.5) is 5.69 Å². The van der Waals surface area contributed by atoms with Crippen LogP contribution >= 0.6 is 0 Å². The summed E-state index contributed by atoms with van der Waals surface area (Å²) < 4.78 is 32.4. The van der Waals surface area contributed by atoms with Gasteiger partial charge in [0.1, 0.15) is 10.6 Å². The first-order valence-electron chi connectivity index (χ1n) is 9.02. The van der Waals surface area contributed by atoms with Crippen molar-refractivity contribution in [1.82, 2.24) is 9.46 Å². The summed E-state index contributed by atoms with van der Waals surface area (Å²) in [5, 5.41) is 6.73. The molecule has 1 unspecified atom stereocenters. The van der Waals surface area contributed by atoms with E-state index in [0.717, 1.165) is 16.8 Å². The fraction of sp³-hybridized carbons (Fsp3) is 0.474. The molecule has 8 heteroatoms. The van der Waals surface area contributed by atoms with Crippen molar-refractivity contribution in [2.75, 3.05) is 18.4 Å². The van der Waals surface area contributed by atoms with Crippen LogP contribution in [0.2, 0.25) is 0 Å². The number of anilines is 1. The molecule has 0 saturated carbocycles. The smallest absolute Gasteiger partial charge is 0.248 e. The van der Waals surface area contributed by atoms with Crippen molar-refractivity contribution in [3.05, 3.63) is 40.8 Å². The first kappa shape index (κ1) is 19.6. The first-order valence-corrected chi connectivity index (χ1v) is 10.5. The third-order valence-corrected chi connectivity index (χ3v) is 7.16. The van der Waals surface area contributed by atoms with Crippen molar-refractivity contribution in [1.29, 1.82) is 0 Å². The van der Waals surface area contributed by atoms with Crippen molar-refractivity contribution in [2.45, 2.75) is 45.4 Å². The number of amides is 1. The van der Waals surface area contributed by atoms with Gasteiger partial charge in [0.05, 0.1) is 5.92 Å². The minimum Gasteiger partial charge on any atom is -0.360 e. The lowest BCUT2D eigenvalue weighted by atomic mass is 9.98. The van der Waals surface area contributed by atoms with Gasteiger partial charge in [0.25, 0.3) is 0 Å². The van der Waals surface area contributed by atoms with Crippen LogP contribution in [0.1, 0.15) is 35.4 Å². The standard InChI is InChI=1S/C19H25N3O4S/c1-12-7-5-8-13(2)17(12)20-19(23)16-9-6-10-22(11-16)27(24,25)18-14(3)21-26-15(18)4/h5,7-8,16H,6,9-11H2,1-4H3,(H,20,23). The molecule has 2 aromatic rings. The number of para-hydroxylation sites is 1. The number of nitrogens with zero attached hydrogens (tertiary/aromatic N) is 2. The van der Waals surface area contributed by atoms with E-state index in [1.54, 1.807) is 13.8 Å². The molecule has 1 atom stereocenters. The zero-order valence-corrected chi connectivity index (χ0v) is 16.9. The van der Waals surface area contributed by atoms with E-state index in [1.165, 1.54) is 4.31 Å². The van der Waals surface area contributed by atoms with Crippen molar-refractivity contribution >= 4 is 21.6 Å². The predicted molar refractivity (Wildman–Crippen MR) is 102 cm³/mol. The van der Waals surface area contributed by atoms with Crippen LogP contribution in [0.15, 0.2) is 27.6 Å². The Balaban J connectivity index is 1.79. The lowest BCUT2D eigenvalue weighted by Gasteiger charge is -2.31. The van der Waals surface area contributed by atoms with Gasteiger partial charge in [-0.2, -0.15) is 4.31 Å². The number of aryl methyl sites for hydroxylation is 4. The Morgan fingerprint density at radius 3 is 2.48 bits per heavy atom. The van der Waals surface area contributed by atoms with Gasteiger partial charge in [-0.15, -0.1) is 0 Å². The third kappa shape index (κ3) is 3.77. The topological polar surface area (TPSA) is 92.5 Å². The van der Waals surface area contributed by atoms with E-state index < -0.39 is 15.9 Å². The Kier molecular flexibility index (Phi) is 5.39. The highest BCUT2D eigenvalue weighted by Crippen LogP contribution is 2.29. The van der Waals surface area contributed by atoms with Gasteiger partial charge < -0.3 is 9.84 Å². The molecule has 27 heavy (non-hydrogen) atoms. The Hall–Kier alpha value is -2.19. The average Bonchev–Trinajstić information content (AvgIpc) is 2.97. The number of hydrogen-bond acceptors (Lipinski definition) is 5. The van der Waals surface area contributed by atoms with Crippen LogP contribution in [-0.2, 0) is 14.8 Å². The number of carbonyl (C=O) groups excluding carboxylic acids is 1. The second kappa shape index (κ2) is 7.44. The molecule has 0 bridgehead atoms. The SMILES string of the molecule is Cc1cccc(C)c1NC(=O)C1CCCN(S(=O)(=O)c2c(C)noc2C)C1. The van der Waals surface area contributed by atoms with Crippen molar-refractivity contribution in [3.8, 4) is 0 Å². The van der Waals surface area contributed by atoms with E-state index >= 15 is 0 Å². The Labute approximate surface area is 159 Å². The number of rotatable bonds is 4. The van der Waals surface area contributed by atoms with Crippen LogP contribution in [0, 0.1) is 33.6 Å². The molecule has 0 radical (unpaired) electrons. The fourth-order valence-electron chi connectivity index (χ4n) is 3.58. The van der Waals surface area contributed by atoms with Gasteiger partial charge in [-0.3, -0.25) is 4.79 Å². The number of carbonyl (C=O) groups is 1. The molecule has 3 rings (SSSR count). The van der Waals surface area contributed by atoms with E-state index in [-0.39, 0.29) is 23.1 Å². The Morgan fingerprint density at radius 1 is 1.22 bits per heavy atom. The zero-order chi connectivity index (χ0) is 19.8. The molecule has 1 aromatic carbocycles. The van der Waals surface area contributed by atoms with Crippen LogP contribution in [0.25, 0.3) is 0 Å². The van der Waals surface area contributed by atoms with E-state index in [1.807, 2.05) is 32.0 Å². The number of piperidine rings is 1. The second-order valence-corrected chi connectivity index (χ2v) is 8.99. The molecule has 1 aliphatic rings. The van der Waals surface area contributed by atoms with Gasteiger partial charge in [0.2, 0.25) is 15.9 Å². The minimum absolute atomic E-state index is 0.110. The van der Waals surface area contributed by atoms with Gasteiger partial charge in [-0.05, 0) is 51.7 Å². The van der Waals surface area contributed by atoms with E-state index in [4.69, 9.17) is 4.52 Å². The van der Waals surface area contributed by atoms with Crippen molar-refractivity contribution in [2.24, 2.45) is 5.92 Å². The molecule has 1 fully saturated rings. The second-order valence-electron chi connectivity index (χ2n) is 7.11. The highest BCUT2D eigenvalue weighted by molar-refractivity contribution is 7.89. The zero-order valence-electron chi connectivity index (χ0n) is 16.1. The quantitative estimate of drug-likeness (QED) is 0.865. The van der Waals surface area contributed by atoms with Crippen LogP contribution < -0.4 is 5.32 Å². The van der Waals surface area contributed by atoms with Crippen molar-refractivity contribution < 1.29 is 17.7 Å². The highest BCUT2D eigenvalue weighted by atomic mass is 32.2. The largest absolute Gasteiger partial charge is 0.360 e. The molecule has 2 heterocycles. The summed E-state index contributed by atoms with van der Waals surface area (Å²) in [5.74, 6) is -0.270. The van der Waals surface area contributed by atoms with Gasteiger partial charge in [0.15, 0.2) is 5.76 Å². The number of benzene rings is 1. The Morgan fingerprint density at radius 2 is 1.89 bits per heavy atom. The number of hydrogen-bond donors (Lipinski definition) is 1. The monoisotopic (exact) mass is 391 g/mol. The average molecular weight is 391 g/mol. The molecule has 1 N–H and O–H groups in total. The maximum absolute atomic E-state index is 13.0. The summed E-state index contributed by atoms with van der Waals surface area (Å²) in [7, 11) is -3.74. The predicted octanol–water partition coefficient (Wildman–Crippen LogP) is 2.95. The fourth-order valence-corrected chi connectivity index (χ4v) is 5.40. The van der Waals surface area contributed by atoms with Gasteiger partial charge >= 0.3 is 0 Å². The number of nitrogens with one attached hydrogen (secondary N) is 1. The molecule has 1 aromatic heterocycles. The van der Waals surface area contributed by atoms with Gasteiger partial charge in [-0.25, -0.2) is 8.42 Å². The summed E-state index contributed by atoms with van der Waals surface area (Å²) >= 11 is 0. The molecule has 1 amide bonds. The summed E-state index contributed by atoms with van der Waals surface area (Å²) in [4.78, 5) is 12.9. The maximum Gasteiger partial charge on any atom is 0.248 e. The molecule has 1 aliphatic heterocycles. The maximum atomic E-state index is 13.0. The van der Waals surface area contributed by atoms with E-state index in [0.29, 0.717) is 25.1 Å². The van der Waals surface area contributed by atoms with E-state index in [9.17, 15) is 13.2 Å². The van der Waals surface area contributed by atoms with Crippen LogP contribution in [0.5, 0.6) is 0 Å². The molecular formula is C19H25N3O4S. The third-order valence-electron chi connectivity index (χ3n) is 5.05.